The smallest absolute Gasteiger partial charge is 0.229 e. The van der Waals surface area contributed by atoms with Gasteiger partial charge in [0, 0.05) is 0 Å². The highest BCUT2D eigenvalue weighted by Gasteiger charge is 1.83. The van der Waals surface area contributed by atoms with Crippen LogP contribution in [0.4, 0.5) is 0 Å². The summed E-state index contributed by atoms with van der Waals surface area (Å²) in [5, 5.41) is 1.39. The quantitative estimate of drug-likeness (QED) is 0.508. The second-order valence-corrected chi connectivity index (χ2v) is 1.22. The molecule has 36 valence electrons. The lowest BCUT2D eigenvalue weighted by atomic mass is 10.8. The van der Waals surface area contributed by atoms with E-state index >= 15 is 0 Å². The van der Waals surface area contributed by atoms with E-state index in [1.165, 1.54) is 11.6 Å². The molecule has 0 spiro atoms. The minimum Gasteiger partial charge on any atom is -0.444 e. The van der Waals surface area contributed by atoms with Gasteiger partial charge in [0.1, 0.15) is 6.26 Å². The fraction of sp³-hybridized carbons (Fsp3) is 0. The van der Waals surface area contributed by atoms with Gasteiger partial charge in [-0.3, -0.25) is 0 Å². The molecule has 0 aliphatic heterocycles. The van der Waals surface area contributed by atoms with Gasteiger partial charge in [-0.05, 0) is 0 Å². The van der Waals surface area contributed by atoms with Crippen LogP contribution in [0.5, 0.6) is 0 Å². The van der Waals surface area contributed by atoms with Gasteiger partial charge in [0.15, 0.2) is 0 Å². The summed E-state index contributed by atoms with van der Waals surface area (Å²) in [5.41, 5.74) is 0. The third-order valence-electron chi connectivity index (χ3n) is 0.552. The highest BCUT2D eigenvalue weighted by Crippen LogP contribution is 1.87. The fourth-order valence-corrected chi connectivity index (χ4v) is 0.409. The molecule has 1 aromatic rings. The summed E-state index contributed by atoms with van der Waals surface area (Å²) < 4.78 is 4.71. The zero-order valence-electron chi connectivity index (χ0n) is 3.50. The molecule has 0 saturated heterocycles. The summed E-state index contributed by atoms with van der Waals surface area (Å²) in [4.78, 5) is 3.71. The van der Waals surface area contributed by atoms with Crippen LogP contribution in [0.3, 0.4) is 0 Å². The molecule has 0 radical (unpaired) electrons. The topological polar surface area (TPSA) is 26.0 Å². The summed E-state index contributed by atoms with van der Waals surface area (Å²) in [7, 11) is 0. The molecular weight excluding hydrogens is 110 g/mol. The minimum atomic E-state index is 0.495. The molecule has 0 aromatic carbocycles. The van der Waals surface area contributed by atoms with E-state index in [9.17, 15) is 0 Å². The number of hydrogen-bond acceptors (Lipinski definition) is 3. The third kappa shape index (κ3) is 0.838. The molecule has 0 saturated carbocycles. The first-order valence-electron chi connectivity index (χ1n) is 1.78. The SMILES string of the molecule is S=Cc1ncco1. The van der Waals surface area contributed by atoms with Crippen LogP contribution in [-0.4, -0.2) is 10.4 Å². The molecule has 0 atom stereocenters. The molecule has 0 N–H and O–H groups in total. The number of aromatic nitrogens is 1. The van der Waals surface area contributed by atoms with E-state index in [4.69, 9.17) is 4.42 Å². The van der Waals surface area contributed by atoms with Crippen LogP contribution < -0.4 is 0 Å². The molecule has 7 heavy (non-hydrogen) atoms. The van der Waals surface area contributed by atoms with Gasteiger partial charge >= 0.3 is 0 Å². The van der Waals surface area contributed by atoms with Crippen LogP contribution >= 0.6 is 12.2 Å². The molecule has 0 fully saturated rings. The van der Waals surface area contributed by atoms with Crippen molar-refractivity contribution in [2.75, 3.05) is 0 Å². The Labute approximate surface area is 46.2 Å². The molecule has 0 aliphatic rings. The lowest BCUT2D eigenvalue weighted by Crippen LogP contribution is -1.70. The van der Waals surface area contributed by atoms with Gasteiger partial charge in [-0.2, -0.15) is 0 Å². The number of nitrogens with zero attached hydrogens (tertiary/aromatic N) is 1. The van der Waals surface area contributed by atoms with Crippen LogP contribution in [0.25, 0.3) is 0 Å². The van der Waals surface area contributed by atoms with Gasteiger partial charge in [0.05, 0.1) is 11.6 Å². The van der Waals surface area contributed by atoms with Crippen molar-refractivity contribution in [3.8, 4) is 0 Å². The Hall–Kier alpha value is -0.700. The molecule has 0 aliphatic carbocycles. The third-order valence-corrected chi connectivity index (χ3v) is 0.754. The summed E-state index contributed by atoms with van der Waals surface area (Å²) in [6.07, 6.45) is 3.04. The lowest BCUT2D eigenvalue weighted by molar-refractivity contribution is 0.551. The van der Waals surface area contributed by atoms with Gasteiger partial charge in [-0.25, -0.2) is 4.98 Å². The Kier molecular flexibility index (Phi) is 1.17. The van der Waals surface area contributed by atoms with Gasteiger partial charge in [0.2, 0.25) is 5.89 Å². The Balaban J connectivity index is 2.96. The van der Waals surface area contributed by atoms with Crippen molar-refractivity contribution in [1.29, 1.82) is 0 Å². The average Bonchev–Trinajstić information content (AvgIpc) is 2.14. The maximum absolute atomic E-state index is 4.71. The predicted molar refractivity (Wildman–Crippen MR) is 29.3 cm³/mol. The first-order chi connectivity index (χ1) is 3.43. The number of hydrogen-bond donors (Lipinski definition) is 0. The molecular formula is C4H3NOS. The normalized spacial score (nSPS) is 8.57. The van der Waals surface area contributed by atoms with Gasteiger partial charge in [0.25, 0.3) is 0 Å². The van der Waals surface area contributed by atoms with Crippen molar-refractivity contribution >= 4 is 17.6 Å². The molecule has 2 nitrogen and oxygen atoms in total. The average molecular weight is 113 g/mol. The van der Waals surface area contributed by atoms with Crippen LogP contribution in [-0.2, 0) is 0 Å². The number of thiocarbonyl (C=S) groups is 1. The summed E-state index contributed by atoms with van der Waals surface area (Å²) in [5.74, 6) is 0.495. The highest BCUT2D eigenvalue weighted by atomic mass is 32.1. The Morgan fingerprint density at radius 2 is 2.71 bits per heavy atom. The van der Waals surface area contributed by atoms with Gasteiger partial charge in [-0.15, -0.1) is 0 Å². The van der Waals surface area contributed by atoms with E-state index in [-0.39, 0.29) is 0 Å². The number of rotatable bonds is 1. The fourth-order valence-electron chi connectivity index (χ4n) is 0.293. The Morgan fingerprint density at radius 3 is 3.00 bits per heavy atom. The second kappa shape index (κ2) is 1.84. The van der Waals surface area contributed by atoms with E-state index in [2.05, 4.69) is 17.2 Å². The molecule has 1 rings (SSSR count). The summed E-state index contributed by atoms with van der Waals surface area (Å²) >= 11 is 4.49. The molecule has 0 unspecified atom stereocenters. The Bertz CT molecular complexity index is 147. The van der Waals surface area contributed by atoms with E-state index in [0.717, 1.165) is 0 Å². The molecule has 3 heteroatoms. The molecule has 1 heterocycles. The second-order valence-electron chi connectivity index (χ2n) is 0.988. The van der Waals surface area contributed by atoms with E-state index in [1.807, 2.05) is 0 Å². The maximum atomic E-state index is 4.71. The maximum Gasteiger partial charge on any atom is 0.229 e. The summed E-state index contributed by atoms with van der Waals surface area (Å²) in [6, 6.07) is 0. The van der Waals surface area contributed by atoms with E-state index in [0.29, 0.717) is 5.89 Å². The monoisotopic (exact) mass is 113 g/mol. The lowest BCUT2D eigenvalue weighted by Gasteiger charge is -1.69. The molecule has 1 aromatic heterocycles. The van der Waals surface area contributed by atoms with Crippen LogP contribution in [0.2, 0.25) is 0 Å². The van der Waals surface area contributed by atoms with Gasteiger partial charge in [-0.1, -0.05) is 12.2 Å². The van der Waals surface area contributed by atoms with Crippen molar-refractivity contribution < 1.29 is 4.42 Å². The first kappa shape index (κ1) is 4.46. The van der Waals surface area contributed by atoms with E-state index in [1.54, 1.807) is 6.20 Å². The predicted octanol–water partition coefficient (Wildman–Crippen LogP) is 1.02. The summed E-state index contributed by atoms with van der Waals surface area (Å²) in [6.45, 7) is 0. The van der Waals surface area contributed by atoms with Crippen molar-refractivity contribution in [3.05, 3.63) is 18.4 Å². The van der Waals surface area contributed by atoms with Gasteiger partial charge < -0.3 is 4.42 Å². The van der Waals surface area contributed by atoms with Crippen LogP contribution in [0.1, 0.15) is 5.89 Å². The standard InChI is InChI=1S/C4H3NOS/c7-3-4-5-1-2-6-4/h1-3H. The highest BCUT2D eigenvalue weighted by molar-refractivity contribution is 7.79. The Morgan fingerprint density at radius 1 is 1.86 bits per heavy atom. The zero-order valence-corrected chi connectivity index (χ0v) is 4.31. The van der Waals surface area contributed by atoms with Crippen molar-refractivity contribution in [2.24, 2.45) is 0 Å². The molecule has 0 bridgehead atoms. The van der Waals surface area contributed by atoms with Crippen molar-refractivity contribution in [3.63, 3.8) is 0 Å². The van der Waals surface area contributed by atoms with Crippen LogP contribution in [0.15, 0.2) is 16.9 Å². The largest absolute Gasteiger partial charge is 0.444 e. The zero-order chi connectivity index (χ0) is 5.11. The van der Waals surface area contributed by atoms with E-state index < -0.39 is 0 Å². The molecule has 0 amide bonds. The number of oxazole rings is 1. The van der Waals surface area contributed by atoms with Crippen molar-refractivity contribution in [1.82, 2.24) is 4.98 Å². The minimum absolute atomic E-state index is 0.495. The van der Waals surface area contributed by atoms with Crippen LogP contribution in [0, 0.1) is 0 Å². The van der Waals surface area contributed by atoms with Crippen molar-refractivity contribution in [2.45, 2.75) is 0 Å². The first-order valence-corrected chi connectivity index (χ1v) is 2.25.